The van der Waals surface area contributed by atoms with Crippen LogP contribution in [0.4, 0.5) is 21.2 Å². The van der Waals surface area contributed by atoms with Crippen LogP contribution in [0.1, 0.15) is 44.5 Å². The highest BCUT2D eigenvalue weighted by atomic mass is 32.2. The first-order valence-electron chi connectivity index (χ1n) is 11.0. The third kappa shape index (κ3) is 7.41. The Morgan fingerprint density at radius 1 is 1.29 bits per heavy atom. The number of fused-ring (bicyclic) bond motifs is 1. The molecule has 0 saturated heterocycles. The van der Waals surface area contributed by atoms with Crippen molar-refractivity contribution in [1.29, 1.82) is 0 Å². The number of amides is 2. The third-order valence-corrected chi connectivity index (χ3v) is 6.15. The van der Waals surface area contributed by atoms with E-state index in [0.29, 0.717) is 31.1 Å². The number of hydrogen-bond acceptors (Lipinski definition) is 8. The van der Waals surface area contributed by atoms with E-state index in [2.05, 4.69) is 19.6 Å². The largest absolute Gasteiger partial charge is 0.448 e. The maximum absolute atomic E-state index is 12.7. The van der Waals surface area contributed by atoms with Crippen molar-refractivity contribution in [2.45, 2.75) is 52.0 Å². The Hall–Kier alpha value is -3.21. The standard InChI is InChI=1S/C23H31N5O5S/c1-6-32-21(29)27-34(5,31)15-16-8-7-9-18(12-16)25-20-24-13-17-10-11-28(14-19(17)26-20)22(30)33-23(2,3)4/h7-9,12-13H,6,10-11,14-15H2,1-5H3,(H,24,25,26). The fourth-order valence-electron chi connectivity index (χ4n) is 3.36. The second-order valence-corrected chi connectivity index (χ2v) is 11.4. The monoisotopic (exact) mass is 489 g/mol. The van der Waals surface area contributed by atoms with Crippen molar-refractivity contribution in [3.05, 3.63) is 47.3 Å². The summed E-state index contributed by atoms with van der Waals surface area (Å²) >= 11 is 0. The van der Waals surface area contributed by atoms with Crippen LogP contribution in [0.5, 0.6) is 0 Å². The Kier molecular flexibility index (Phi) is 7.75. The number of ether oxygens (including phenoxy) is 2. The van der Waals surface area contributed by atoms with Gasteiger partial charge in [0.2, 0.25) is 5.95 Å². The zero-order valence-corrected chi connectivity index (χ0v) is 21.0. The first kappa shape index (κ1) is 25.4. The van der Waals surface area contributed by atoms with Crippen molar-refractivity contribution < 1.29 is 23.3 Å². The second-order valence-electron chi connectivity index (χ2n) is 9.04. The summed E-state index contributed by atoms with van der Waals surface area (Å²) in [6.07, 6.45) is 2.65. The fraction of sp³-hybridized carbons (Fsp3) is 0.478. The SMILES string of the molecule is CCOC(=O)N=S(C)(=O)Cc1cccc(Nc2ncc3c(n2)CN(C(=O)OC(C)(C)C)CC3)c1. The number of nitrogens with one attached hydrogen (secondary N) is 1. The summed E-state index contributed by atoms with van der Waals surface area (Å²) in [6.45, 7) is 8.24. The molecule has 184 valence electrons. The molecule has 0 bridgehead atoms. The number of carbonyl (C=O) groups excluding carboxylic acids is 2. The quantitative estimate of drug-likeness (QED) is 0.661. The smallest absolute Gasteiger partial charge is 0.441 e. The third-order valence-electron chi connectivity index (χ3n) is 4.75. The summed E-state index contributed by atoms with van der Waals surface area (Å²) in [4.78, 5) is 34.6. The Bertz CT molecular complexity index is 1180. The molecule has 2 aromatic rings. The van der Waals surface area contributed by atoms with Gasteiger partial charge in [-0.3, -0.25) is 0 Å². The summed E-state index contributed by atoms with van der Waals surface area (Å²) in [5, 5.41) is 3.15. The summed E-state index contributed by atoms with van der Waals surface area (Å²) in [5.41, 5.74) is 2.62. The molecule has 0 radical (unpaired) electrons. The second kappa shape index (κ2) is 10.4. The van der Waals surface area contributed by atoms with E-state index in [0.717, 1.165) is 16.8 Å². The van der Waals surface area contributed by atoms with Gasteiger partial charge in [-0.1, -0.05) is 12.1 Å². The first-order valence-corrected chi connectivity index (χ1v) is 13.1. The van der Waals surface area contributed by atoms with E-state index in [1.807, 2.05) is 26.8 Å². The Morgan fingerprint density at radius 2 is 2.06 bits per heavy atom. The average Bonchev–Trinajstić information content (AvgIpc) is 2.71. The molecule has 10 nitrogen and oxygen atoms in total. The van der Waals surface area contributed by atoms with Crippen molar-refractivity contribution in [3.8, 4) is 0 Å². The number of benzene rings is 1. The molecule has 0 aliphatic carbocycles. The molecule has 2 heterocycles. The molecule has 0 fully saturated rings. The summed E-state index contributed by atoms with van der Waals surface area (Å²) in [5.74, 6) is 0.479. The molecule has 2 amide bonds. The molecular formula is C23H31N5O5S. The average molecular weight is 490 g/mol. The minimum absolute atomic E-state index is 0.0945. The topological polar surface area (TPSA) is 123 Å². The van der Waals surface area contributed by atoms with Gasteiger partial charge < -0.3 is 19.7 Å². The van der Waals surface area contributed by atoms with Crippen LogP contribution in [0.15, 0.2) is 34.8 Å². The Morgan fingerprint density at radius 3 is 2.76 bits per heavy atom. The van der Waals surface area contributed by atoms with Crippen molar-refractivity contribution in [3.63, 3.8) is 0 Å². The Labute approximate surface area is 200 Å². The maximum Gasteiger partial charge on any atom is 0.441 e. The molecule has 0 spiro atoms. The minimum atomic E-state index is -2.79. The van der Waals surface area contributed by atoms with Gasteiger partial charge in [-0.15, -0.1) is 4.36 Å². The van der Waals surface area contributed by atoms with Crippen LogP contribution in [0, 0.1) is 0 Å². The van der Waals surface area contributed by atoms with E-state index in [-0.39, 0.29) is 18.5 Å². The van der Waals surface area contributed by atoms with Gasteiger partial charge in [0.1, 0.15) is 5.60 Å². The highest BCUT2D eigenvalue weighted by molar-refractivity contribution is 7.92. The van der Waals surface area contributed by atoms with E-state index >= 15 is 0 Å². The highest BCUT2D eigenvalue weighted by Crippen LogP contribution is 2.22. The molecule has 1 aliphatic rings. The van der Waals surface area contributed by atoms with Crippen LogP contribution < -0.4 is 5.32 Å². The van der Waals surface area contributed by atoms with E-state index in [1.54, 1.807) is 36.2 Å². The lowest BCUT2D eigenvalue weighted by atomic mass is 10.1. The van der Waals surface area contributed by atoms with Gasteiger partial charge >= 0.3 is 12.2 Å². The van der Waals surface area contributed by atoms with Crippen molar-refractivity contribution in [2.24, 2.45) is 4.36 Å². The lowest BCUT2D eigenvalue weighted by Crippen LogP contribution is -2.40. The zero-order chi connectivity index (χ0) is 24.9. The molecule has 1 unspecified atom stereocenters. The molecule has 1 aromatic heterocycles. The van der Waals surface area contributed by atoms with Crippen LogP contribution in [-0.4, -0.2) is 56.3 Å². The van der Waals surface area contributed by atoms with Crippen LogP contribution in [0.2, 0.25) is 0 Å². The predicted molar refractivity (Wildman–Crippen MR) is 129 cm³/mol. The van der Waals surface area contributed by atoms with Gasteiger partial charge in [0.25, 0.3) is 0 Å². The molecular weight excluding hydrogens is 458 g/mol. The van der Waals surface area contributed by atoms with Gasteiger partial charge in [0, 0.05) is 24.7 Å². The van der Waals surface area contributed by atoms with Crippen molar-refractivity contribution in [1.82, 2.24) is 14.9 Å². The summed E-state index contributed by atoms with van der Waals surface area (Å²) in [6, 6.07) is 7.25. The van der Waals surface area contributed by atoms with E-state index in [1.165, 1.54) is 6.26 Å². The van der Waals surface area contributed by atoms with Gasteiger partial charge in [-0.2, -0.15) is 0 Å². The molecule has 1 N–H and O–H groups in total. The summed E-state index contributed by atoms with van der Waals surface area (Å²) in [7, 11) is -2.79. The minimum Gasteiger partial charge on any atom is -0.448 e. The van der Waals surface area contributed by atoms with E-state index < -0.39 is 21.4 Å². The molecule has 1 aliphatic heterocycles. The zero-order valence-electron chi connectivity index (χ0n) is 20.2. The first-order chi connectivity index (χ1) is 15.9. The number of carbonyl (C=O) groups is 2. The highest BCUT2D eigenvalue weighted by Gasteiger charge is 2.26. The predicted octanol–water partition coefficient (Wildman–Crippen LogP) is 4.27. The van der Waals surface area contributed by atoms with E-state index in [4.69, 9.17) is 9.47 Å². The normalized spacial score (nSPS) is 15.0. The van der Waals surface area contributed by atoms with E-state index in [9.17, 15) is 13.8 Å². The molecule has 11 heteroatoms. The number of hydrogen-bond donors (Lipinski definition) is 1. The maximum atomic E-state index is 12.7. The van der Waals surface area contributed by atoms with Gasteiger partial charge in [-0.25, -0.2) is 23.8 Å². The van der Waals surface area contributed by atoms with Crippen molar-refractivity contribution >= 4 is 33.6 Å². The number of aromatic nitrogens is 2. The van der Waals surface area contributed by atoms with Crippen LogP contribution >= 0.6 is 0 Å². The van der Waals surface area contributed by atoms with Crippen LogP contribution in [0.25, 0.3) is 0 Å². The number of rotatable bonds is 5. The van der Waals surface area contributed by atoms with Crippen LogP contribution in [0.3, 0.4) is 0 Å². The van der Waals surface area contributed by atoms with Crippen LogP contribution in [-0.2, 0) is 37.9 Å². The molecule has 3 rings (SSSR count). The molecule has 0 saturated carbocycles. The lowest BCUT2D eigenvalue weighted by Gasteiger charge is -2.30. The van der Waals surface area contributed by atoms with Gasteiger partial charge in [-0.05, 0) is 57.4 Å². The fourth-order valence-corrected chi connectivity index (χ4v) is 4.59. The number of nitrogens with zero attached hydrogens (tertiary/aromatic N) is 4. The van der Waals surface area contributed by atoms with Crippen molar-refractivity contribution in [2.75, 3.05) is 24.7 Å². The molecule has 1 aromatic carbocycles. The summed E-state index contributed by atoms with van der Waals surface area (Å²) < 4.78 is 26.6. The Balaban J connectivity index is 1.72. The van der Waals surface area contributed by atoms with Gasteiger partial charge in [0.05, 0.1) is 34.3 Å². The molecule has 1 atom stereocenters. The number of anilines is 2. The molecule has 34 heavy (non-hydrogen) atoms. The lowest BCUT2D eigenvalue weighted by molar-refractivity contribution is 0.0220. The van der Waals surface area contributed by atoms with Gasteiger partial charge in [0.15, 0.2) is 0 Å².